The van der Waals surface area contributed by atoms with Gasteiger partial charge >= 0.3 is 11.9 Å². The second-order valence-electron chi connectivity index (χ2n) is 4.80. The van der Waals surface area contributed by atoms with Crippen LogP contribution in [0.2, 0.25) is 5.02 Å². The molecule has 0 unspecified atom stereocenters. The van der Waals surface area contributed by atoms with Crippen LogP contribution in [0, 0.1) is 0 Å². The molecule has 0 heterocycles. The van der Waals surface area contributed by atoms with Gasteiger partial charge in [0.15, 0.2) is 5.75 Å². The summed E-state index contributed by atoms with van der Waals surface area (Å²) in [4.78, 5) is 22.1. The first kappa shape index (κ1) is 17.3. The Morgan fingerprint density at radius 3 is 2.52 bits per heavy atom. The van der Waals surface area contributed by atoms with Crippen molar-refractivity contribution in [1.29, 1.82) is 0 Å². The van der Waals surface area contributed by atoms with Gasteiger partial charge in [-0.3, -0.25) is 4.79 Å². The number of esters is 1. The number of halogens is 2. The Labute approximate surface area is 145 Å². The molecule has 0 saturated heterocycles. The lowest BCUT2D eigenvalue weighted by molar-refractivity contribution is -0.131. The van der Waals surface area contributed by atoms with Crippen LogP contribution in [-0.2, 0) is 11.2 Å². The van der Waals surface area contributed by atoms with Gasteiger partial charge in [-0.2, -0.15) is 0 Å². The third kappa shape index (κ3) is 4.24. The molecule has 2 N–H and O–H groups in total. The molecule has 0 aliphatic carbocycles. The summed E-state index contributed by atoms with van der Waals surface area (Å²) in [5, 5.41) is 19.0. The Morgan fingerprint density at radius 1 is 1.26 bits per heavy atom. The van der Waals surface area contributed by atoms with E-state index in [0.29, 0.717) is 22.0 Å². The molecule has 7 heteroatoms. The molecule has 0 atom stereocenters. The van der Waals surface area contributed by atoms with Crippen molar-refractivity contribution >= 4 is 39.5 Å². The maximum absolute atomic E-state index is 11.2. The first-order valence-electron chi connectivity index (χ1n) is 6.49. The van der Waals surface area contributed by atoms with Crippen LogP contribution < -0.4 is 4.74 Å². The van der Waals surface area contributed by atoms with E-state index in [1.165, 1.54) is 19.1 Å². The molecule has 0 aliphatic rings. The molecule has 0 spiro atoms. The maximum Gasteiger partial charge on any atom is 0.339 e. The number of hydrogen-bond donors (Lipinski definition) is 2. The topological polar surface area (TPSA) is 83.8 Å². The van der Waals surface area contributed by atoms with E-state index in [9.17, 15) is 14.7 Å². The summed E-state index contributed by atoms with van der Waals surface area (Å²) in [6, 6.07) is 7.60. The fourth-order valence-electron chi connectivity index (χ4n) is 2.09. The first-order valence-corrected chi connectivity index (χ1v) is 7.66. The van der Waals surface area contributed by atoms with E-state index in [-0.39, 0.29) is 22.1 Å². The third-order valence-corrected chi connectivity index (χ3v) is 3.76. The standard InChI is InChI=1S/C16H12BrClO5/c1-8(19)23-15-10(6-11(17)7-13(15)18)4-9-2-3-12(16(21)22)14(20)5-9/h2-3,5-7,20H,4H2,1H3,(H,21,22). The molecule has 5 nitrogen and oxygen atoms in total. The van der Waals surface area contributed by atoms with Crippen LogP contribution in [0.5, 0.6) is 11.5 Å². The van der Waals surface area contributed by atoms with E-state index in [4.69, 9.17) is 21.4 Å². The van der Waals surface area contributed by atoms with Crippen molar-refractivity contribution in [2.24, 2.45) is 0 Å². The number of carbonyl (C=O) groups is 2. The summed E-state index contributed by atoms with van der Waals surface area (Å²) in [6.45, 7) is 1.27. The Balaban J connectivity index is 2.41. The minimum Gasteiger partial charge on any atom is -0.507 e. The van der Waals surface area contributed by atoms with Crippen LogP contribution in [0.3, 0.4) is 0 Å². The van der Waals surface area contributed by atoms with E-state index < -0.39 is 11.9 Å². The molecule has 0 aliphatic heterocycles. The van der Waals surface area contributed by atoms with Crippen molar-refractivity contribution in [1.82, 2.24) is 0 Å². The van der Waals surface area contributed by atoms with Crippen LogP contribution in [0.4, 0.5) is 0 Å². The quantitative estimate of drug-likeness (QED) is 0.599. The maximum atomic E-state index is 11.2. The number of carbonyl (C=O) groups excluding carboxylic acids is 1. The molecule has 2 rings (SSSR count). The third-order valence-electron chi connectivity index (χ3n) is 3.02. The van der Waals surface area contributed by atoms with Gasteiger partial charge in [0.25, 0.3) is 0 Å². The van der Waals surface area contributed by atoms with Gasteiger partial charge < -0.3 is 14.9 Å². The minimum absolute atomic E-state index is 0.179. The highest BCUT2D eigenvalue weighted by atomic mass is 79.9. The predicted molar refractivity (Wildman–Crippen MR) is 88.3 cm³/mol. The number of benzene rings is 2. The van der Waals surface area contributed by atoms with Crippen molar-refractivity contribution in [2.45, 2.75) is 13.3 Å². The summed E-state index contributed by atoms with van der Waals surface area (Å²) in [6.07, 6.45) is 0.301. The molecule has 0 bridgehead atoms. The number of aromatic carboxylic acids is 1. The molecule has 0 radical (unpaired) electrons. The highest BCUT2D eigenvalue weighted by Crippen LogP contribution is 2.34. The van der Waals surface area contributed by atoms with Crippen molar-refractivity contribution in [3.63, 3.8) is 0 Å². The summed E-state index contributed by atoms with van der Waals surface area (Å²) in [7, 11) is 0. The molecule has 23 heavy (non-hydrogen) atoms. The molecular weight excluding hydrogens is 388 g/mol. The lowest BCUT2D eigenvalue weighted by atomic mass is 10.0. The van der Waals surface area contributed by atoms with Crippen LogP contribution in [0.25, 0.3) is 0 Å². The van der Waals surface area contributed by atoms with E-state index in [0.717, 1.165) is 0 Å². The monoisotopic (exact) mass is 398 g/mol. The zero-order valence-corrected chi connectivity index (χ0v) is 14.3. The number of carboxylic acid groups (broad SMARTS) is 1. The highest BCUT2D eigenvalue weighted by molar-refractivity contribution is 9.10. The van der Waals surface area contributed by atoms with Crippen molar-refractivity contribution in [3.05, 3.63) is 56.5 Å². The fraction of sp³-hybridized carbons (Fsp3) is 0.125. The largest absolute Gasteiger partial charge is 0.507 e. The summed E-state index contributed by atoms with van der Waals surface area (Å²) in [5.41, 5.74) is 1.10. The molecule has 2 aromatic rings. The normalized spacial score (nSPS) is 10.4. The van der Waals surface area contributed by atoms with Gasteiger partial charge in [0, 0.05) is 23.4 Å². The van der Waals surface area contributed by atoms with Gasteiger partial charge in [-0.25, -0.2) is 4.79 Å². The van der Waals surface area contributed by atoms with E-state index >= 15 is 0 Å². The average molecular weight is 400 g/mol. The molecule has 0 amide bonds. The Bertz CT molecular complexity index is 788. The van der Waals surface area contributed by atoms with Gasteiger partial charge in [0.2, 0.25) is 0 Å². The second kappa shape index (κ2) is 7.02. The first-order chi connectivity index (χ1) is 10.8. The summed E-state index contributed by atoms with van der Waals surface area (Å²) >= 11 is 9.43. The molecule has 0 saturated carbocycles. The number of phenols is 1. The second-order valence-corrected chi connectivity index (χ2v) is 6.13. The smallest absolute Gasteiger partial charge is 0.339 e. The van der Waals surface area contributed by atoms with Crippen molar-refractivity contribution in [2.75, 3.05) is 0 Å². The number of carboxylic acids is 1. The lowest BCUT2D eigenvalue weighted by Gasteiger charge is -2.12. The Hall–Kier alpha value is -2.05. The molecule has 120 valence electrons. The van der Waals surface area contributed by atoms with Crippen molar-refractivity contribution < 1.29 is 24.5 Å². The summed E-state index contributed by atoms with van der Waals surface area (Å²) < 4.78 is 5.86. The van der Waals surface area contributed by atoms with Gasteiger partial charge in [-0.1, -0.05) is 33.6 Å². The molecule has 2 aromatic carbocycles. The predicted octanol–water partition coefficient (Wildman–Crippen LogP) is 4.02. The Kier molecular flexibility index (Phi) is 5.28. The SMILES string of the molecule is CC(=O)Oc1c(Cl)cc(Br)cc1Cc1ccc(C(=O)O)c(O)c1. The highest BCUT2D eigenvalue weighted by Gasteiger charge is 2.15. The van der Waals surface area contributed by atoms with Crippen molar-refractivity contribution in [3.8, 4) is 11.5 Å². The number of aromatic hydroxyl groups is 1. The summed E-state index contributed by atoms with van der Waals surface area (Å²) in [5.74, 6) is -1.80. The van der Waals surface area contributed by atoms with Gasteiger partial charge in [0.05, 0.1) is 5.02 Å². The van der Waals surface area contributed by atoms with Crippen LogP contribution >= 0.6 is 27.5 Å². The van der Waals surface area contributed by atoms with Gasteiger partial charge in [-0.05, 0) is 29.8 Å². The van der Waals surface area contributed by atoms with Crippen LogP contribution in [0.15, 0.2) is 34.8 Å². The van der Waals surface area contributed by atoms with E-state index in [1.54, 1.807) is 18.2 Å². The fourth-order valence-corrected chi connectivity index (χ4v) is 3.01. The van der Waals surface area contributed by atoms with E-state index in [1.807, 2.05) is 0 Å². The van der Waals surface area contributed by atoms with Crippen LogP contribution in [0.1, 0.15) is 28.4 Å². The zero-order valence-electron chi connectivity index (χ0n) is 12.0. The number of hydrogen-bond acceptors (Lipinski definition) is 4. The van der Waals surface area contributed by atoms with Gasteiger partial charge in [-0.15, -0.1) is 0 Å². The Morgan fingerprint density at radius 2 is 1.96 bits per heavy atom. The zero-order chi connectivity index (χ0) is 17.1. The van der Waals surface area contributed by atoms with Gasteiger partial charge in [0.1, 0.15) is 11.3 Å². The lowest BCUT2D eigenvalue weighted by Crippen LogP contribution is -2.05. The molecule has 0 fully saturated rings. The number of rotatable bonds is 4. The number of ether oxygens (including phenoxy) is 1. The van der Waals surface area contributed by atoms with E-state index in [2.05, 4.69) is 15.9 Å². The van der Waals surface area contributed by atoms with Crippen LogP contribution in [-0.4, -0.2) is 22.2 Å². The molecule has 0 aromatic heterocycles. The minimum atomic E-state index is -1.21. The molecular formula is C16H12BrClO5. The average Bonchev–Trinajstić information content (AvgIpc) is 2.42.